The number of fused-ring (bicyclic) bond motifs is 1. The summed E-state index contributed by atoms with van der Waals surface area (Å²) in [6.45, 7) is 5.77. The van der Waals surface area contributed by atoms with Gasteiger partial charge in [-0.25, -0.2) is 0 Å². The van der Waals surface area contributed by atoms with E-state index in [9.17, 15) is 9.59 Å². The summed E-state index contributed by atoms with van der Waals surface area (Å²) in [5.74, 6) is 0.239. The van der Waals surface area contributed by atoms with Crippen LogP contribution < -0.4 is 10.2 Å². The fraction of sp³-hybridized carbons (Fsp3) is 0.519. The zero-order valence-corrected chi connectivity index (χ0v) is 19.6. The van der Waals surface area contributed by atoms with Crippen molar-refractivity contribution in [3.8, 4) is 0 Å². The maximum Gasteiger partial charge on any atom is 0.253 e. The van der Waals surface area contributed by atoms with E-state index in [0.29, 0.717) is 6.42 Å². The smallest absolute Gasteiger partial charge is 0.253 e. The SMILES string of the molecule is CCCC(=O)NC1CCc2ccc(C(=O)N3CCC4(CCN(c5ccncc5)CC4)C3)cc21. The second kappa shape index (κ2) is 9.16. The molecule has 0 radical (unpaired) electrons. The summed E-state index contributed by atoms with van der Waals surface area (Å²) in [6.07, 6.45) is 10.3. The highest BCUT2D eigenvalue weighted by Crippen LogP contribution is 2.42. The number of piperidine rings is 1. The fourth-order valence-corrected chi connectivity index (χ4v) is 5.87. The van der Waals surface area contributed by atoms with Gasteiger partial charge in [0, 0.05) is 56.2 Å². The number of likely N-dealkylation sites (tertiary alicyclic amines) is 1. The quantitative estimate of drug-likeness (QED) is 0.750. The van der Waals surface area contributed by atoms with Crippen molar-refractivity contribution in [2.75, 3.05) is 31.1 Å². The molecule has 33 heavy (non-hydrogen) atoms. The number of pyridine rings is 1. The summed E-state index contributed by atoms with van der Waals surface area (Å²) >= 11 is 0. The molecular weight excluding hydrogens is 412 g/mol. The lowest BCUT2D eigenvalue weighted by atomic mass is 9.77. The molecule has 1 aliphatic carbocycles. The fourth-order valence-electron chi connectivity index (χ4n) is 5.87. The summed E-state index contributed by atoms with van der Waals surface area (Å²) in [5.41, 5.74) is 4.63. The first kappa shape index (κ1) is 21.9. The van der Waals surface area contributed by atoms with E-state index in [0.717, 1.165) is 75.8 Å². The van der Waals surface area contributed by atoms with Crippen LogP contribution in [-0.4, -0.2) is 47.9 Å². The van der Waals surface area contributed by atoms with Crippen LogP contribution in [0.25, 0.3) is 0 Å². The minimum atomic E-state index is 0.0363. The largest absolute Gasteiger partial charge is 0.371 e. The van der Waals surface area contributed by atoms with Gasteiger partial charge in [-0.05, 0) is 79.3 Å². The number of hydrogen-bond acceptors (Lipinski definition) is 4. The van der Waals surface area contributed by atoms with Crippen molar-refractivity contribution < 1.29 is 9.59 Å². The highest BCUT2D eigenvalue weighted by molar-refractivity contribution is 5.95. The van der Waals surface area contributed by atoms with Crippen molar-refractivity contribution >= 4 is 17.5 Å². The number of aryl methyl sites for hydroxylation is 1. The summed E-state index contributed by atoms with van der Waals surface area (Å²) < 4.78 is 0. The lowest BCUT2D eigenvalue weighted by Crippen LogP contribution is -2.42. The van der Waals surface area contributed by atoms with E-state index in [1.807, 2.05) is 31.5 Å². The van der Waals surface area contributed by atoms with Gasteiger partial charge in [0.05, 0.1) is 6.04 Å². The molecule has 5 rings (SSSR count). The highest BCUT2D eigenvalue weighted by Gasteiger charge is 2.42. The molecule has 0 saturated carbocycles. The third kappa shape index (κ3) is 4.48. The molecule has 2 saturated heterocycles. The number of hydrogen-bond donors (Lipinski definition) is 1. The molecule has 2 fully saturated rings. The maximum atomic E-state index is 13.4. The van der Waals surface area contributed by atoms with Gasteiger partial charge in [-0.1, -0.05) is 13.0 Å². The van der Waals surface area contributed by atoms with Gasteiger partial charge < -0.3 is 15.1 Å². The number of nitrogens with one attached hydrogen (secondary N) is 1. The molecule has 1 aromatic carbocycles. The predicted molar refractivity (Wildman–Crippen MR) is 129 cm³/mol. The van der Waals surface area contributed by atoms with Crippen molar-refractivity contribution in [1.29, 1.82) is 0 Å². The molecule has 3 heterocycles. The molecule has 1 spiro atoms. The van der Waals surface area contributed by atoms with Crippen LogP contribution in [0.5, 0.6) is 0 Å². The van der Waals surface area contributed by atoms with Gasteiger partial charge in [0.1, 0.15) is 0 Å². The molecule has 0 bridgehead atoms. The molecule has 174 valence electrons. The lowest BCUT2D eigenvalue weighted by molar-refractivity contribution is -0.121. The Morgan fingerprint density at radius 3 is 2.61 bits per heavy atom. The summed E-state index contributed by atoms with van der Waals surface area (Å²) in [7, 11) is 0. The Labute approximate surface area is 196 Å². The lowest BCUT2D eigenvalue weighted by Gasteiger charge is -2.40. The van der Waals surface area contributed by atoms with E-state index in [4.69, 9.17) is 0 Å². The molecular formula is C27H34N4O2. The average Bonchev–Trinajstić information content (AvgIpc) is 3.44. The standard InChI is InChI=1S/C27H34N4O2/c1-2-3-25(32)29-24-7-6-20-4-5-21(18-23(20)24)26(33)31-17-12-27(19-31)10-15-30(16-11-27)22-8-13-28-14-9-22/h4-5,8-9,13-14,18,24H,2-3,6-7,10-12,15-17,19H2,1H3,(H,29,32). The number of nitrogens with zero attached hydrogens (tertiary/aromatic N) is 3. The highest BCUT2D eigenvalue weighted by atomic mass is 16.2. The Morgan fingerprint density at radius 2 is 1.85 bits per heavy atom. The summed E-state index contributed by atoms with van der Waals surface area (Å²) in [4.78, 5) is 34.2. The number of rotatable bonds is 5. The Morgan fingerprint density at radius 1 is 1.09 bits per heavy atom. The molecule has 2 aromatic rings. The van der Waals surface area contributed by atoms with Crippen LogP contribution in [0.1, 0.15) is 73.0 Å². The molecule has 3 aliphatic rings. The van der Waals surface area contributed by atoms with Crippen LogP contribution in [0.15, 0.2) is 42.7 Å². The number of benzene rings is 1. The minimum absolute atomic E-state index is 0.0363. The maximum absolute atomic E-state index is 13.4. The van der Waals surface area contributed by atoms with Crippen LogP contribution >= 0.6 is 0 Å². The number of amides is 2. The third-order valence-electron chi connectivity index (χ3n) is 7.86. The molecule has 1 unspecified atom stereocenters. The number of carbonyl (C=O) groups excluding carboxylic acids is 2. The second-order valence-electron chi connectivity index (χ2n) is 9.99. The van der Waals surface area contributed by atoms with Crippen LogP contribution in [0, 0.1) is 5.41 Å². The van der Waals surface area contributed by atoms with E-state index in [2.05, 4.69) is 38.3 Å². The van der Waals surface area contributed by atoms with E-state index >= 15 is 0 Å². The zero-order valence-electron chi connectivity index (χ0n) is 19.6. The van der Waals surface area contributed by atoms with Crippen LogP contribution in [-0.2, 0) is 11.2 Å². The Bertz CT molecular complexity index is 1010. The molecule has 1 atom stereocenters. The van der Waals surface area contributed by atoms with Gasteiger partial charge in [0.2, 0.25) is 5.91 Å². The Kier molecular flexibility index (Phi) is 6.09. The van der Waals surface area contributed by atoms with Crippen molar-refractivity contribution in [3.05, 3.63) is 59.4 Å². The van der Waals surface area contributed by atoms with Gasteiger partial charge in [0.15, 0.2) is 0 Å². The minimum Gasteiger partial charge on any atom is -0.371 e. The third-order valence-corrected chi connectivity index (χ3v) is 7.86. The molecule has 2 aliphatic heterocycles. The Balaban J connectivity index is 1.23. The zero-order chi connectivity index (χ0) is 22.8. The summed E-state index contributed by atoms with van der Waals surface area (Å²) in [6, 6.07) is 10.3. The normalized spacial score (nSPS) is 21.3. The Hall–Kier alpha value is -2.89. The van der Waals surface area contributed by atoms with Gasteiger partial charge in [-0.3, -0.25) is 14.6 Å². The van der Waals surface area contributed by atoms with Gasteiger partial charge in [0.25, 0.3) is 5.91 Å². The number of aromatic nitrogens is 1. The first-order valence-corrected chi connectivity index (χ1v) is 12.4. The van der Waals surface area contributed by atoms with Crippen LogP contribution in [0.3, 0.4) is 0 Å². The van der Waals surface area contributed by atoms with Crippen LogP contribution in [0.4, 0.5) is 5.69 Å². The monoisotopic (exact) mass is 446 g/mol. The topological polar surface area (TPSA) is 65.5 Å². The van der Waals surface area contributed by atoms with E-state index in [1.54, 1.807) is 0 Å². The molecule has 1 aromatic heterocycles. The van der Waals surface area contributed by atoms with Crippen LogP contribution in [0.2, 0.25) is 0 Å². The van der Waals surface area contributed by atoms with E-state index < -0.39 is 0 Å². The number of carbonyl (C=O) groups is 2. The summed E-state index contributed by atoms with van der Waals surface area (Å²) in [5, 5.41) is 3.16. The average molecular weight is 447 g/mol. The molecule has 6 nitrogen and oxygen atoms in total. The first-order valence-electron chi connectivity index (χ1n) is 12.4. The van der Waals surface area contributed by atoms with Gasteiger partial charge in [-0.15, -0.1) is 0 Å². The van der Waals surface area contributed by atoms with Gasteiger partial charge in [-0.2, -0.15) is 0 Å². The van der Waals surface area contributed by atoms with Crippen molar-refractivity contribution in [2.45, 2.75) is 57.9 Å². The van der Waals surface area contributed by atoms with Crippen molar-refractivity contribution in [1.82, 2.24) is 15.2 Å². The van der Waals surface area contributed by atoms with Crippen molar-refractivity contribution in [3.63, 3.8) is 0 Å². The second-order valence-corrected chi connectivity index (χ2v) is 9.99. The van der Waals surface area contributed by atoms with E-state index in [1.165, 1.54) is 11.3 Å². The van der Waals surface area contributed by atoms with Gasteiger partial charge >= 0.3 is 0 Å². The molecule has 2 amide bonds. The molecule has 1 N–H and O–H groups in total. The van der Waals surface area contributed by atoms with Crippen molar-refractivity contribution in [2.24, 2.45) is 5.41 Å². The first-order chi connectivity index (χ1) is 16.1. The van der Waals surface area contributed by atoms with E-state index in [-0.39, 0.29) is 23.3 Å². The number of anilines is 1. The molecule has 6 heteroatoms. The predicted octanol–water partition coefficient (Wildman–Crippen LogP) is 4.12.